The molecule has 0 aliphatic carbocycles. The van der Waals surface area contributed by atoms with Crippen LogP contribution in [0.2, 0.25) is 5.02 Å². The van der Waals surface area contributed by atoms with Crippen molar-refractivity contribution in [3.63, 3.8) is 0 Å². The van der Waals surface area contributed by atoms with E-state index in [-0.39, 0.29) is 11.8 Å². The van der Waals surface area contributed by atoms with Gasteiger partial charge in [-0.15, -0.1) is 0 Å². The van der Waals surface area contributed by atoms with Crippen molar-refractivity contribution in [2.24, 2.45) is 0 Å². The lowest BCUT2D eigenvalue weighted by atomic mass is 10.0. The first-order chi connectivity index (χ1) is 8.06. The molecular formula is C13H15ClN2O. The van der Waals surface area contributed by atoms with Crippen LogP contribution in [0, 0.1) is 11.3 Å². The molecule has 0 saturated heterocycles. The number of nitrogens with zero attached hydrogens (tertiary/aromatic N) is 2. The van der Waals surface area contributed by atoms with Crippen LogP contribution in [-0.2, 0) is 0 Å². The maximum Gasteiger partial charge on any atom is 0.179 e. The van der Waals surface area contributed by atoms with Gasteiger partial charge in [-0.05, 0) is 26.1 Å². The fraction of sp³-hybridized carbons (Fsp3) is 0.385. The Balaban J connectivity index is 2.73. The molecule has 4 heteroatoms. The maximum atomic E-state index is 12.1. The summed E-state index contributed by atoms with van der Waals surface area (Å²) in [6.45, 7) is 2.42. The lowest BCUT2D eigenvalue weighted by Gasteiger charge is -2.22. The van der Waals surface area contributed by atoms with Crippen LogP contribution in [0.5, 0.6) is 0 Å². The number of halogens is 1. The number of hydrogen-bond donors (Lipinski definition) is 0. The molecule has 17 heavy (non-hydrogen) atoms. The normalized spacial score (nSPS) is 12.2. The van der Waals surface area contributed by atoms with E-state index in [2.05, 4.69) is 6.07 Å². The van der Waals surface area contributed by atoms with Crippen LogP contribution in [0.15, 0.2) is 24.3 Å². The van der Waals surface area contributed by atoms with E-state index in [4.69, 9.17) is 16.9 Å². The van der Waals surface area contributed by atoms with Crippen LogP contribution in [0.1, 0.15) is 23.7 Å². The largest absolute Gasteiger partial charge is 0.296 e. The molecule has 0 fully saturated rings. The van der Waals surface area contributed by atoms with E-state index in [0.29, 0.717) is 23.6 Å². The summed E-state index contributed by atoms with van der Waals surface area (Å²) in [5.41, 5.74) is 0.605. The van der Waals surface area contributed by atoms with Crippen LogP contribution in [0.25, 0.3) is 0 Å². The molecule has 0 aromatic heterocycles. The summed E-state index contributed by atoms with van der Waals surface area (Å²) in [7, 11) is 1.84. The minimum Gasteiger partial charge on any atom is -0.296 e. The molecule has 90 valence electrons. The van der Waals surface area contributed by atoms with E-state index in [0.717, 1.165) is 0 Å². The molecular weight excluding hydrogens is 236 g/mol. The molecule has 0 spiro atoms. The third-order valence-corrected chi connectivity index (χ3v) is 2.96. The number of hydrogen-bond acceptors (Lipinski definition) is 3. The van der Waals surface area contributed by atoms with Crippen molar-refractivity contribution in [1.82, 2.24) is 4.90 Å². The second kappa shape index (κ2) is 6.39. The van der Waals surface area contributed by atoms with Crippen molar-refractivity contribution >= 4 is 17.4 Å². The summed E-state index contributed by atoms with van der Waals surface area (Å²) in [5.74, 6) is 0.0212. The summed E-state index contributed by atoms with van der Waals surface area (Å²) < 4.78 is 0. The summed E-state index contributed by atoms with van der Waals surface area (Å²) in [4.78, 5) is 14.0. The standard InChI is InChI=1S/C13H15ClN2O/c1-10(16(2)8-4-7-15)13(17)11-5-3-6-12(14)9-11/h3,5-6,9-10H,4,8H2,1-2H3. The van der Waals surface area contributed by atoms with Gasteiger partial charge < -0.3 is 0 Å². The van der Waals surface area contributed by atoms with Gasteiger partial charge >= 0.3 is 0 Å². The second-order valence-corrected chi connectivity index (χ2v) is 4.38. The average Bonchev–Trinajstić information content (AvgIpc) is 2.34. The lowest BCUT2D eigenvalue weighted by Crippen LogP contribution is -2.36. The van der Waals surface area contributed by atoms with Crippen molar-refractivity contribution in [2.75, 3.05) is 13.6 Å². The minimum atomic E-state index is -0.248. The van der Waals surface area contributed by atoms with Gasteiger partial charge in [-0.25, -0.2) is 0 Å². The zero-order valence-electron chi connectivity index (χ0n) is 9.98. The van der Waals surface area contributed by atoms with Crippen molar-refractivity contribution in [3.8, 4) is 6.07 Å². The first-order valence-corrected chi connectivity index (χ1v) is 5.81. The maximum absolute atomic E-state index is 12.1. The number of nitriles is 1. The van der Waals surface area contributed by atoms with Gasteiger partial charge in [0.25, 0.3) is 0 Å². The lowest BCUT2D eigenvalue weighted by molar-refractivity contribution is 0.0871. The van der Waals surface area contributed by atoms with Crippen LogP contribution in [0.3, 0.4) is 0 Å². The zero-order valence-corrected chi connectivity index (χ0v) is 10.7. The number of rotatable bonds is 5. The van der Waals surface area contributed by atoms with E-state index in [1.54, 1.807) is 24.3 Å². The van der Waals surface area contributed by atoms with E-state index in [1.165, 1.54) is 0 Å². The molecule has 0 radical (unpaired) electrons. The molecule has 1 rings (SSSR count). The summed E-state index contributed by atoms with van der Waals surface area (Å²) in [6.07, 6.45) is 0.420. The molecule has 0 aliphatic heterocycles. The molecule has 0 aliphatic rings. The van der Waals surface area contributed by atoms with Gasteiger partial charge in [-0.1, -0.05) is 23.7 Å². The third kappa shape index (κ3) is 3.85. The molecule has 0 heterocycles. The van der Waals surface area contributed by atoms with Crippen molar-refractivity contribution < 1.29 is 4.79 Å². The number of likely N-dealkylation sites (N-methyl/N-ethyl adjacent to an activating group) is 1. The number of Topliss-reactive ketones (excluding diaryl/α,β-unsaturated/α-hetero) is 1. The van der Waals surface area contributed by atoms with Gasteiger partial charge in [0, 0.05) is 23.6 Å². The fourth-order valence-electron chi connectivity index (χ4n) is 1.50. The fourth-order valence-corrected chi connectivity index (χ4v) is 1.69. The molecule has 0 amide bonds. The molecule has 0 bridgehead atoms. The smallest absolute Gasteiger partial charge is 0.179 e. The van der Waals surface area contributed by atoms with Crippen molar-refractivity contribution in [2.45, 2.75) is 19.4 Å². The summed E-state index contributed by atoms with van der Waals surface area (Å²) in [6, 6.07) is 8.74. The average molecular weight is 251 g/mol. The highest BCUT2D eigenvalue weighted by molar-refractivity contribution is 6.31. The topological polar surface area (TPSA) is 44.1 Å². The first-order valence-electron chi connectivity index (χ1n) is 5.43. The molecule has 0 N–H and O–H groups in total. The van der Waals surface area contributed by atoms with E-state index >= 15 is 0 Å². The molecule has 0 saturated carbocycles. The number of carbonyl (C=O) groups is 1. The van der Waals surface area contributed by atoms with Crippen LogP contribution < -0.4 is 0 Å². The predicted molar refractivity (Wildman–Crippen MR) is 68.1 cm³/mol. The van der Waals surface area contributed by atoms with Crippen LogP contribution >= 0.6 is 11.6 Å². The van der Waals surface area contributed by atoms with E-state index in [9.17, 15) is 4.79 Å². The van der Waals surface area contributed by atoms with Crippen molar-refractivity contribution in [3.05, 3.63) is 34.9 Å². The SMILES string of the molecule is CC(C(=O)c1cccc(Cl)c1)N(C)CCC#N. The highest BCUT2D eigenvalue weighted by atomic mass is 35.5. The second-order valence-electron chi connectivity index (χ2n) is 3.94. The zero-order chi connectivity index (χ0) is 12.8. The van der Waals surface area contributed by atoms with E-state index < -0.39 is 0 Å². The minimum absolute atomic E-state index is 0.0212. The third-order valence-electron chi connectivity index (χ3n) is 2.73. The van der Waals surface area contributed by atoms with E-state index in [1.807, 2.05) is 18.9 Å². The predicted octanol–water partition coefficient (Wildman–Crippen LogP) is 2.76. The van der Waals surface area contributed by atoms with Crippen molar-refractivity contribution in [1.29, 1.82) is 5.26 Å². The van der Waals surface area contributed by atoms with Crippen LogP contribution in [-0.4, -0.2) is 30.3 Å². The number of carbonyl (C=O) groups excluding carboxylic acids is 1. The Kier molecular flexibility index (Phi) is 5.14. The van der Waals surface area contributed by atoms with Crippen LogP contribution in [0.4, 0.5) is 0 Å². The molecule has 1 aromatic rings. The molecule has 1 atom stereocenters. The van der Waals surface area contributed by atoms with Gasteiger partial charge in [-0.2, -0.15) is 5.26 Å². The molecule has 1 aromatic carbocycles. The Morgan fingerprint density at radius 3 is 2.88 bits per heavy atom. The van der Waals surface area contributed by atoms with Gasteiger partial charge in [0.1, 0.15) is 0 Å². The Labute approximate surface area is 107 Å². The Bertz CT molecular complexity index is 439. The first kappa shape index (κ1) is 13.7. The summed E-state index contributed by atoms with van der Waals surface area (Å²) >= 11 is 5.85. The quantitative estimate of drug-likeness (QED) is 0.755. The molecule has 1 unspecified atom stereocenters. The number of benzene rings is 1. The Morgan fingerprint density at radius 1 is 1.59 bits per heavy atom. The number of ketones is 1. The van der Waals surface area contributed by atoms with Gasteiger partial charge in [-0.3, -0.25) is 9.69 Å². The van der Waals surface area contributed by atoms with Gasteiger partial charge in [0.05, 0.1) is 12.1 Å². The molecule has 3 nitrogen and oxygen atoms in total. The van der Waals surface area contributed by atoms with Gasteiger partial charge in [0.15, 0.2) is 5.78 Å². The highest BCUT2D eigenvalue weighted by Gasteiger charge is 2.19. The van der Waals surface area contributed by atoms with Gasteiger partial charge in [0.2, 0.25) is 0 Å². The Morgan fingerprint density at radius 2 is 2.29 bits per heavy atom. The summed E-state index contributed by atoms with van der Waals surface area (Å²) in [5, 5.41) is 9.07. The highest BCUT2D eigenvalue weighted by Crippen LogP contribution is 2.14. The Hall–Kier alpha value is -1.37. The monoisotopic (exact) mass is 250 g/mol.